The maximum Gasteiger partial charge on any atom is 0.329 e. The zero-order chi connectivity index (χ0) is 3.41. The van der Waals surface area contributed by atoms with E-state index in [1.807, 2.05) is 0 Å². The number of hydrogen-bond donors (Lipinski definition) is 1. The van der Waals surface area contributed by atoms with E-state index in [0.717, 1.165) is 0 Å². The van der Waals surface area contributed by atoms with Crippen molar-refractivity contribution in [3.8, 4) is 0 Å². The van der Waals surface area contributed by atoms with Gasteiger partial charge in [0.15, 0.2) is 0 Å². The zero-order valence-electron chi connectivity index (χ0n) is 2.49. The molecule has 0 aromatic heterocycles. The topological polar surface area (TPSA) is 33.1 Å². The molecule has 4 heavy (non-hydrogen) atoms. The molecule has 0 bridgehead atoms. The maximum absolute atomic E-state index is 6.31. The molecule has 0 aliphatic carbocycles. The normalized spacial score (nSPS) is 5.25. The Kier molecular flexibility index (Phi) is 2.69. The van der Waals surface area contributed by atoms with Crippen molar-refractivity contribution in [2.75, 3.05) is 7.11 Å². The highest BCUT2D eigenvalue weighted by molar-refractivity contribution is 6.08. The second-order valence-corrected chi connectivity index (χ2v) is 1.06. The first-order valence-corrected chi connectivity index (χ1v) is 1.98. The van der Waals surface area contributed by atoms with Crippen LogP contribution in [-0.2, 0) is 4.43 Å². The number of rotatable bonds is 1. The van der Waals surface area contributed by atoms with Crippen molar-refractivity contribution in [3.05, 3.63) is 0 Å². The molecule has 3 heteroatoms. The minimum atomic E-state index is -0.468. The first kappa shape index (κ1) is 3.82. The molecule has 0 atom stereocenters. The first-order valence-electron chi connectivity index (χ1n) is 0.933. The molecule has 1 N–H and O–H groups in total. The first-order chi connectivity index (χ1) is 1.91. The quantitative estimate of drug-likeness (QED) is 0.428. The van der Waals surface area contributed by atoms with Crippen molar-refractivity contribution in [2.45, 2.75) is 0 Å². The van der Waals surface area contributed by atoms with E-state index in [4.69, 9.17) is 5.05 Å². The average Bonchev–Trinajstić information content (AvgIpc) is 1.37. The van der Waals surface area contributed by atoms with Gasteiger partial charge in [0.1, 0.15) is 0 Å². The van der Waals surface area contributed by atoms with Crippen LogP contribution >= 0.6 is 0 Å². The molecular formula is CH5NOSi. The van der Waals surface area contributed by atoms with E-state index in [-0.39, 0.29) is 0 Å². The summed E-state index contributed by atoms with van der Waals surface area (Å²) in [6.07, 6.45) is 0. The molecule has 0 unspecified atom stereocenters. The highest BCUT2D eigenvalue weighted by Gasteiger charge is 1.43. The summed E-state index contributed by atoms with van der Waals surface area (Å²) < 4.78 is 4.29. The van der Waals surface area contributed by atoms with Gasteiger partial charge in [0.05, 0.1) is 7.11 Å². The SMILES string of the molecule is CO[SiH]=N. The standard InChI is InChI=1S/CH5NOSi/c1-3-4-2/h2,4H,1H3. The molecule has 0 saturated heterocycles. The lowest BCUT2D eigenvalue weighted by Gasteiger charge is -1.71. The summed E-state index contributed by atoms with van der Waals surface area (Å²) in [4.78, 5) is 0. The monoisotopic (exact) mass is 75.0 g/mol. The minimum absolute atomic E-state index is 0.468. The van der Waals surface area contributed by atoms with Crippen LogP contribution in [0, 0.1) is 5.05 Å². The van der Waals surface area contributed by atoms with E-state index in [1.165, 1.54) is 7.11 Å². The molecule has 2 nitrogen and oxygen atoms in total. The van der Waals surface area contributed by atoms with Gasteiger partial charge >= 0.3 is 9.56 Å². The second kappa shape index (κ2) is 2.82. The molecule has 0 rings (SSSR count). The summed E-state index contributed by atoms with van der Waals surface area (Å²) in [5.41, 5.74) is 0. The molecule has 0 heterocycles. The molecule has 0 aliphatic heterocycles. The van der Waals surface area contributed by atoms with Crippen LogP contribution in [0.4, 0.5) is 0 Å². The lowest BCUT2D eigenvalue weighted by molar-refractivity contribution is 0.448. The summed E-state index contributed by atoms with van der Waals surface area (Å²) in [5, 5.41) is 6.31. The minimum Gasteiger partial charge on any atom is -0.543 e. The van der Waals surface area contributed by atoms with E-state index < -0.39 is 9.56 Å². The van der Waals surface area contributed by atoms with Crippen LogP contribution < -0.4 is 0 Å². The molecule has 24 valence electrons. The molecule has 0 fully saturated rings. The Morgan fingerprint density at radius 2 is 2.25 bits per heavy atom. The highest BCUT2D eigenvalue weighted by atomic mass is 28.2. The van der Waals surface area contributed by atoms with Crippen LogP contribution in [0.3, 0.4) is 0 Å². The average molecular weight is 75.1 g/mol. The summed E-state index contributed by atoms with van der Waals surface area (Å²) in [5.74, 6) is 0. The van der Waals surface area contributed by atoms with Crippen LogP contribution in [0.15, 0.2) is 0 Å². The van der Waals surface area contributed by atoms with Gasteiger partial charge in [0.2, 0.25) is 0 Å². The van der Waals surface area contributed by atoms with Crippen molar-refractivity contribution in [1.29, 1.82) is 5.05 Å². The van der Waals surface area contributed by atoms with E-state index in [2.05, 4.69) is 4.43 Å². The van der Waals surface area contributed by atoms with Crippen molar-refractivity contribution < 1.29 is 4.43 Å². The summed E-state index contributed by atoms with van der Waals surface area (Å²) in [7, 11) is 1.06. The third kappa shape index (κ3) is 1.82. The molecule has 0 aromatic rings. The Morgan fingerprint density at radius 3 is 2.25 bits per heavy atom. The third-order valence-electron chi connectivity index (χ3n) is 0.118. The van der Waals surface area contributed by atoms with Gasteiger partial charge in [-0.2, -0.15) is 0 Å². The van der Waals surface area contributed by atoms with E-state index in [0.29, 0.717) is 0 Å². The van der Waals surface area contributed by atoms with Gasteiger partial charge in [-0.1, -0.05) is 0 Å². The van der Waals surface area contributed by atoms with E-state index in [1.54, 1.807) is 0 Å². The van der Waals surface area contributed by atoms with Gasteiger partial charge in [0.25, 0.3) is 0 Å². The molecular weight excluding hydrogens is 70.1 g/mol. The van der Waals surface area contributed by atoms with Gasteiger partial charge in [-0.25, -0.2) is 0 Å². The molecule has 0 saturated carbocycles. The van der Waals surface area contributed by atoms with Gasteiger partial charge < -0.3 is 9.48 Å². The predicted octanol–water partition coefficient (Wildman–Crippen LogP) is -0.253. The van der Waals surface area contributed by atoms with Crippen molar-refractivity contribution in [2.24, 2.45) is 0 Å². The maximum atomic E-state index is 6.31. The van der Waals surface area contributed by atoms with Crippen LogP contribution in [0.5, 0.6) is 0 Å². The Bertz CT molecular complexity index is 22.0. The third-order valence-corrected chi connectivity index (χ3v) is 0.354. The molecule has 0 radical (unpaired) electrons. The predicted molar refractivity (Wildman–Crippen MR) is 16.9 cm³/mol. The molecule has 0 aliphatic rings. The number of hydrogen-bond acceptors (Lipinski definition) is 2. The van der Waals surface area contributed by atoms with Crippen molar-refractivity contribution in [3.63, 3.8) is 0 Å². The lowest BCUT2D eigenvalue weighted by Crippen LogP contribution is -1.70. The van der Waals surface area contributed by atoms with Gasteiger partial charge in [-0.3, -0.25) is 0 Å². The van der Waals surface area contributed by atoms with Crippen molar-refractivity contribution >= 4 is 9.56 Å². The number of nitrogens with one attached hydrogen (secondary N) is 1. The Balaban J connectivity index is 2.30. The summed E-state index contributed by atoms with van der Waals surface area (Å²) in [6.45, 7) is 0. The Hall–Kier alpha value is -0.183. The van der Waals surface area contributed by atoms with Crippen LogP contribution in [0.2, 0.25) is 0 Å². The fraction of sp³-hybridized carbons (Fsp3) is 1.00. The van der Waals surface area contributed by atoms with Gasteiger partial charge in [-0.05, 0) is 0 Å². The highest BCUT2D eigenvalue weighted by Crippen LogP contribution is 1.34. The lowest BCUT2D eigenvalue weighted by atomic mass is 11.8. The zero-order valence-corrected chi connectivity index (χ0v) is 3.64. The fourth-order valence-electron chi connectivity index (χ4n) is 0. The summed E-state index contributed by atoms with van der Waals surface area (Å²) in [6, 6.07) is 0. The Labute approximate surface area is 27.3 Å². The Morgan fingerprint density at radius 1 is 2.00 bits per heavy atom. The second-order valence-electron chi connectivity index (χ2n) is 0.354. The van der Waals surface area contributed by atoms with Gasteiger partial charge in [0, 0.05) is 0 Å². The molecule has 0 spiro atoms. The van der Waals surface area contributed by atoms with Crippen LogP contribution in [0.1, 0.15) is 0 Å². The van der Waals surface area contributed by atoms with E-state index in [9.17, 15) is 0 Å². The largest absolute Gasteiger partial charge is 0.543 e. The molecule has 0 amide bonds. The van der Waals surface area contributed by atoms with Gasteiger partial charge in [-0.15, -0.1) is 0 Å². The van der Waals surface area contributed by atoms with Crippen molar-refractivity contribution in [1.82, 2.24) is 0 Å². The fourth-order valence-corrected chi connectivity index (χ4v) is 0. The summed E-state index contributed by atoms with van der Waals surface area (Å²) >= 11 is 0. The smallest absolute Gasteiger partial charge is 0.329 e. The van der Waals surface area contributed by atoms with Crippen LogP contribution in [0.25, 0.3) is 0 Å². The molecule has 0 aromatic carbocycles. The van der Waals surface area contributed by atoms with Crippen LogP contribution in [-0.4, -0.2) is 16.7 Å². The van der Waals surface area contributed by atoms with E-state index >= 15 is 0 Å².